The van der Waals surface area contributed by atoms with Crippen molar-refractivity contribution >= 4 is 23.4 Å². The van der Waals surface area contributed by atoms with Crippen LogP contribution in [0.5, 0.6) is 0 Å². The molecule has 1 aromatic carbocycles. The summed E-state index contributed by atoms with van der Waals surface area (Å²) >= 11 is 6.16. The molecule has 1 unspecified atom stereocenters. The van der Waals surface area contributed by atoms with Gasteiger partial charge in [0.25, 0.3) is 0 Å². The number of hydrogen-bond acceptors (Lipinski definition) is 3. The van der Waals surface area contributed by atoms with Crippen LogP contribution in [0.1, 0.15) is 25.3 Å². The fourth-order valence-electron chi connectivity index (χ4n) is 2.18. The first-order valence-electron chi connectivity index (χ1n) is 7.51. The highest BCUT2D eigenvalue weighted by Gasteiger charge is 2.13. The number of nitrogens with one attached hydrogen (secondary N) is 2. The van der Waals surface area contributed by atoms with Crippen molar-refractivity contribution in [2.45, 2.75) is 32.7 Å². The Morgan fingerprint density at radius 2 is 2.17 bits per heavy atom. The van der Waals surface area contributed by atoms with Gasteiger partial charge in [0, 0.05) is 24.4 Å². The second-order valence-corrected chi connectivity index (χ2v) is 5.83. The van der Waals surface area contributed by atoms with E-state index in [1.54, 1.807) is 10.7 Å². The van der Waals surface area contributed by atoms with Crippen molar-refractivity contribution in [3.05, 3.63) is 41.0 Å². The van der Waals surface area contributed by atoms with Gasteiger partial charge >= 0.3 is 6.03 Å². The Morgan fingerprint density at radius 3 is 2.87 bits per heavy atom. The maximum atomic E-state index is 12.0. The highest BCUT2D eigenvalue weighted by atomic mass is 35.5. The number of aryl methyl sites for hydroxylation is 1. The molecular formula is C16H21ClN4O2. The largest absolute Gasteiger partial charge is 0.396 e. The lowest BCUT2D eigenvalue weighted by atomic mass is 10.2. The average Bonchev–Trinajstić information content (AvgIpc) is 2.86. The second-order valence-electron chi connectivity index (χ2n) is 5.42. The third kappa shape index (κ3) is 4.71. The van der Waals surface area contributed by atoms with Gasteiger partial charge in [0.05, 0.1) is 10.7 Å². The lowest BCUT2D eigenvalue weighted by Gasteiger charge is -2.13. The molecule has 1 atom stereocenters. The number of amides is 2. The Kier molecular flexibility index (Phi) is 6.01. The van der Waals surface area contributed by atoms with E-state index in [4.69, 9.17) is 16.7 Å². The van der Waals surface area contributed by atoms with Gasteiger partial charge in [-0.3, -0.25) is 5.32 Å². The van der Waals surface area contributed by atoms with E-state index in [1.165, 1.54) is 0 Å². The van der Waals surface area contributed by atoms with Crippen molar-refractivity contribution in [2.24, 2.45) is 0 Å². The second kappa shape index (κ2) is 7.99. The number of carbonyl (C=O) groups excluding carboxylic acids is 1. The van der Waals surface area contributed by atoms with Gasteiger partial charge in [0.15, 0.2) is 5.82 Å². The number of rotatable bonds is 6. The third-order valence-electron chi connectivity index (χ3n) is 3.40. The SMILES string of the molecule is Cc1cn(-c2ccccc2Cl)nc1NC(=O)NC(C)CCCO. The zero-order valence-corrected chi connectivity index (χ0v) is 14.0. The lowest BCUT2D eigenvalue weighted by molar-refractivity contribution is 0.245. The molecule has 0 aliphatic rings. The van der Waals surface area contributed by atoms with Crippen molar-refractivity contribution in [1.29, 1.82) is 0 Å². The molecule has 3 N–H and O–H groups in total. The molecule has 1 heterocycles. The number of hydrogen-bond donors (Lipinski definition) is 3. The molecule has 0 saturated heterocycles. The third-order valence-corrected chi connectivity index (χ3v) is 3.72. The molecule has 0 radical (unpaired) electrons. The Hall–Kier alpha value is -2.05. The summed E-state index contributed by atoms with van der Waals surface area (Å²) in [6.45, 7) is 3.88. The minimum atomic E-state index is -0.317. The van der Waals surface area contributed by atoms with Crippen LogP contribution in [-0.2, 0) is 0 Å². The Morgan fingerprint density at radius 1 is 1.43 bits per heavy atom. The number of urea groups is 1. The van der Waals surface area contributed by atoms with E-state index in [0.29, 0.717) is 17.3 Å². The van der Waals surface area contributed by atoms with Crippen molar-refractivity contribution in [3.8, 4) is 5.69 Å². The molecule has 0 fully saturated rings. The molecule has 2 aromatic rings. The monoisotopic (exact) mass is 336 g/mol. The number of nitrogens with zero attached hydrogens (tertiary/aromatic N) is 2. The van der Waals surface area contributed by atoms with Crippen LogP contribution in [0, 0.1) is 6.92 Å². The van der Waals surface area contributed by atoms with Crippen molar-refractivity contribution in [1.82, 2.24) is 15.1 Å². The predicted octanol–water partition coefficient (Wildman–Crippen LogP) is 3.12. The van der Waals surface area contributed by atoms with Gasteiger partial charge < -0.3 is 10.4 Å². The smallest absolute Gasteiger partial charge is 0.320 e. The minimum Gasteiger partial charge on any atom is -0.396 e. The highest BCUT2D eigenvalue weighted by molar-refractivity contribution is 6.32. The number of anilines is 1. The van der Waals surface area contributed by atoms with E-state index in [1.807, 2.05) is 38.2 Å². The van der Waals surface area contributed by atoms with Gasteiger partial charge in [-0.15, -0.1) is 5.10 Å². The van der Waals surface area contributed by atoms with E-state index in [-0.39, 0.29) is 18.7 Å². The first kappa shape index (κ1) is 17.3. The highest BCUT2D eigenvalue weighted by Crippen LogP contribution is 2.22. The molecule has 0 aliphatic heterocycles. The maximum absolute atomic E-state index is 12.0. The summed E-state index contributed by atoms with van der Waals surface area (Å²) < 4.78 is 1.64. The quantitative estimate of drug-likeness (QED) is 0.758. The first-order chi connectivity index (χ1) is 11.0. The van der Waals surface area contributed by atoms with Crippen LogP contribution in [0.2, 0.25) is 5.02 Å². The molecule has 0 saturated carbocycles. The van der Waals surface area contributed by atoms with Crippen LogP contribution in [0.3, 0.4) is 0 Å². The molecular weight excluding hydrogens is 316 g/mol. The summed E-state index contributed by atoms with van der Waals surface area (Å²) in [5, 5.41) is 19.3. The summed E-state index contributed by atoms with van der Waals surface area (Å²) in [7, 11) is 0. The number of aliphatic hydroxyl groups is 1. The number of aliphatic hydroxyl groups excluding tert-OH is 1. The molecule has 2 rings (SSSR count). The molecule has 124 valence electrons. The van der Waals surface area contributed by atoms with Crippen LogP contribution < -0.4 is 10.6 Å². The van der Waals surface area contributed by atoms with Gasteiger partial charge in [-0.1, -0.05) is 23.7 Å². The van der Waals surface area contributed by atoms with Crippen LogP contribution in [0.25, 0.3) is 5.69 Å². The lowest BCUT2D eigenvalue weighted by Crippen LogP contribution is -2.36. The van der Waals surface area contributed by atoms with Crippen LogP contribution in [0.4, 0.5) is 10.6 Å². The minimum absolute atomic E-state index is 0.0203. The van der Waals surface area contributed by atoms with Crippen molar-refractivity contribution in [3.63, 3.8) is 0 Å². The fourth-order valence-corrected chi connectivity index (χ4v) is 2.40. The molecule has 0 spiro atoms. The number of carbonyl (C=O) groups is 1. The van der Waals surface area contributed by atoms with Gasteiger partial charge in [-0.2, -0.15) is 0 Å². The van der Waals surface area contributed by atoms with Crippen LogP contribution in [-0.4, -0.2) is 33.6 Å². The zero-order valence-electron chi connectivity index (χ0n) is 13.2. The topological polar surface area (TPSA) is 79.2 Å². The van der Waals surface area contributed by atoms with Crippen LogP contribution >= 0.6 is 11.6 Å². The fraction of sp³-hybridized carbons (Fsp3) is 0.375. The molecule has 1 aromatic heterocycles. The van der Waals surface area contributed by atoms with Gasteiger partial charge in [0.2, 0.25) is 0 Å². The number of para-hydroxylation sites is 1. The molecule has 0 aliphatic carbocycles. The average molecular weight is 337 g/mol. The zero-order chi connectivity index (χ0) is 16.8. The van der Waals surface area contributed by atoms with Gasteiger partial charge in [-0.05, 0) is 38.8 Å². The van der Waals surface area contributed by atoms with Gasteiger partial charge in [0.1, 0.15) is 0 Å². The first-order valence-corrected chi connectivity index (χ1v) is 7.88. The van der Waals surface area contributed by atoms with E-state index < -0.39 is 0 Å². The van der Waals surface area contributed by atoms with E-state index in [0.717, 1.165) is 17.7 Å². The van der Waals surface area contributed by atoms with E-state index in [2.05, 4.69) is 15.7 Å². The summed E-state index contributed by atoms with van der Waals surface area (Å²) in [5.74, 6) is 0.483. The Bertz CT molecular complexity index is 672. The summed E-state index contributed by atoms with van der Waals surface area (Å²) in [5.41, 5.74) is 1.59. The summed E-state index contributed by atoms with van der Waals surface area (Å²) in [6, 6.07) is 7.03. The van der Waals surface area contributed by atoms with Gasteiger partial charge in [-0.25, -0.2) is 9.48 Å². The standard InChI is InChI=1S/C16H21ClN4O2/c1-11-10-21(14-8-4-3-7-13(14)17)20-15(11)19-16(23)18-12(2)6-5-9-22/h3-4,7-8,10,12,22H,5-6,9H2,1-2H3,(H2,18,19,20,23). The maximum Gasteiger partial charge on any atom is 0.320 e. The summed E-state index contributed by atoms with van der Waals surface area (Å²) in [6.07, 6.45) is 3.19. The Balaban J connectivity index is 2.04. The molecule has 7 heteroatoms. The molecule has 0 bridgehead atoms. The number of aromatic nitrogens is 2. The van der Waals surface area contributed by atoms with E-state index >= 15 is 0 Å². The normalized spacial score (nSPS) is 12.0. The number of halogens is 1. The number of benzene rings is 1. The Labute approximate surface area is 140 Å². The van der Waals surface area contributed by atoms with E-state index in [9.17, 15) is 4.79 Å². The molecule has 6 nitrogen and oxygen atoms in total. The van der Waals surface area contributed by atoms with Crippen LogP contribution in [0.15, 0.2) is 30.5 Å². The molecule has 2 amide bonds. The predicted molar refractivity (Wildman–Crippen MR) is 91.2 cm³/mol. The molecule has 23 heavy (non-hydrogen) atoms. The van der Waals surface area contributed by atoms with Crippen molar-refractivity contribution < 1.29 is 9.90 Å². The summed E-state index contributed by atoms with van der Waals surface area (Å²) in [4.78, 5) is 12.0. The van der Waals surface area contributed by atoms with Crippen molar-refractivity contribution in [2.75, 3.05) is 11.9 Å².